The van der Waals surface area contributed by atoms with Crippen molar-refractivity contribution >= 4 is 41.7 Å². The molecule has 1 aromatic carbocycles. The van der Waals surface area contributed by atoms with Crippen molar-refractivity contribution in [2.24, 2.45) is 4.99 Å². The van der Waals surface area contributed by atoms with Crippen LogP contribution in [0.4, 0.5) is 0 Å². The standard InChI is InChI=1S/C18H25N3O2S.HI/c1-3-19-18(21-13-16(22)17-10-7-11-23-17)20-12-14(2)24-15-8-5-4-6-9-15;/h4-11,14,16,22H,3,12-13H2,1-2H3,(H2,19,20,21);1H. The van der Waals surface area contributed by atoms with Gasteiger partial charge in [-0.1, -0.05) is 25.1 Å². The van der Waals surface area contributed by atoms with E-state index >= 15 is 0 Å². The molecule has 0 saturated heterocycles. The van der Waals surface area contributed by atoms with Crippen molar-refractivity contribution in [2.75, 3.05) is 19.6 Å². The van der Waals surface area contributed by atoms with Crippen LogP contribution in [0.25, 0.3) is 0 Å². The van der Waals surface area contributed by atoms with Gasteiger partial charge in [-0.25, -0.2) is 0 Å². The van der Waals surface area contributed by atoms with Crippen molar-refractivity contribution in [3.05, 3.63) is 54.5 Å². The summed E-state index contributed by atoms with van der Waals surface area (Å²) in [7, 11) is 0. The molecule has 0 saturated carbocycles. The lowest BCUT2D eigenvalue weighted by Gasteiger charge is -2.16. The monoisotopic (exact) mass is 475 g/mol. The molecule has 0 aliphatic heterocycles. The Labute approximate surface area is 170 Å². The highest BCUT2D eigenvalue weighted by atomic mass is 127. The molecule has 1 heterocycles. The van der Waals surface area contributed by atoms with Crippen molar-refractivity contribution in [3.8, 4) is 0 Å². The van der Waals surface area contributed by atoms with E-state index in [1.54, 1.807) is 18.4 Å². The number of halogens is 1. The van der Waals surface area contributed by atoms with E-state index in [0.717, 1.165) is 13.1 Å². The summed E-state index contributed by atoms with van der Waals surface area (Å²) in [5, 5.41) is 16.9. The average Bonchev–Trinajstić information content (AvgIpc) is 3.12. The Morgan fingerprint density at radius 2 is 1.96 bits per heavy atom. The molecule has 0 fully saturated rings. The molecule has 0 aliphatic rings. The van der Waals surface area contributed by atoms with E-state index in [4.69, 9.17) is 4.42 Å². The van der Waals surface area contributed by atoms with Crippen molar-refractivity contribution < 1.29 is 9.52 Å². The highest BCUT2D eigenvalue weighted by Crippen LogP contribution is 2.21. The first-order valence-corrected chi connectivity index (χ1v) is 9.02. The van der Waals surface area contributed by atoms with Crippen LogP contribution >= 0.6 is 35.7 Å². The van der Waals surface area contributed by atoms with Gasteiger partial charge in [0.25, 0.3) is 0 Å². The van der Waals surface area contributed by atoms with E-state index in [0.29, 0.717) is 17.0 Å². The molecule has 2 rings (SSSR count). The SMILES string of the molecule is CCNC(=NCC(O)c1ccco1)NCC(C)Sc1ccccc1.I. The molecular formula is C18H26IN3O2S. The van der Waals surface area contributed by atoms with Crippen LogP contribution in [0.15, 0.2) is 63.0 Å². The summed E-state index contributed by atoms with van der Waals surface area (Å²) >= 11 is 1.82. The van der Waals surface area contributed by atoms with Crippen molar-refractivity contribution in [3.63, 3.8) is 0 Å². The summed E-state index contributed by atoms with van der Waals surface area (Å²) in [5.41, 5.74) is 0. The number of aliphatic imine (C=N–C) groups is 1. The number of benzene rings is 1. The van der Waals surface area contributed by atoms with E-state index in [9.17, 15) is 5.11 Å². The number of aliphatic hydroxyl groups is 1. The Balaban J connectivity index is 0.00000312. The van der Waals surface area contributed by atoms with Crippen molar-refractivity contribution in [1.82, 2.24) is 10.6 Å². The first kappa shape index (κ1) is 21.9. The molecule has 7 heteroatoms. The fourth-order valence-corrected chi connectivity index (χ4v) is 3.05. The van der Waals surface area contributed by atoms with Gasteiger partial charge in [-0.15, -0.1) is 35.7 Å². The molecule has 3 N–H and O–H groups in total. The van der Waals surface area contributed by atoms with E-state index in [1.807, 2.05) is 36.9 Å². The molecule has 5 nitrogen and oxygen atoms in total. The van der Waals surface area contributed by atoms with Crippen LogP contribution in [0.3, 0.4) is 0 Å². The number of hydrogen-bond donors (Lipinski definition) is 3. The maximum Gasteiger partial charge on any atom is 0.191 e. The second-order valence-electron chi connectivity index (χ2n) is 5.37. The molecule has 25 heavy (non-hydrogen) atoms. The number of rotatable bonds is 8. The average molecular weight is 475 g/mol. The Kier molecular flexibility index (Phi) is 10.7. The zero-order valence-corrected chi connectivity index (χ0v) is 17.7. The van der Waals surface area contributed by atoms with Gasteiger partial charge >= 0.3 is 0 Å². The molecule has 0 radical (unpaired) electrons. The molecule has 0 aliphatic carbocycles. The lowest BCUT2D eigenvalue weighted by atomic mass is 10.3. The number of thioether (sulfide) groups is 1. The molecule has 2 unspecified atom stereocenters. The van der Waals surface area contributed by atoms with Gasteiger partial charge in [-0.2, -0.15) is 0 Å². The summed E-state index contributed by atoms with van der Waals surface area (Å²) in [6.07, 6.45) is 0.820. The van der Waals surface area contributed by atoms with Gasteiger partial charge in [-0.3, -0.25) is 4.99 Å². The number of guanidine groups is 1. The van der Waals surface area contributed by atoms with E-state index in [1.165, 1.54) is 4.90 Å². The second kappa shape index (κ2) is 12.2. The zero-order valence-electron chi connectivity index (χ0n) is 14.5. The quantitative estimate of drug-likeness (QED) is 0.235. The summed E-state index contributed by atoms with van der Waals surface area (Å²) in [6, 6.07) is 13.8. The van der Waals surface area contributed by atoms with Crippen LogP contribution in [0.1, 0.15) is 25.7 Å². The van der Waals surface area contributed by atoms with Crippen LogP contribution in [-0.2, 0) is 0 Å². The zero-order chi connectivity index (χ0) is 17.2. The van der Waals surface area contributed by atoms with Gasteiger partial charge in [0, 0.05) is 23.2 Å². The highest BCUT2D eigenvalue weighted by molar-refractivity contribution is 14.0. The summed E-state index contributed by atoms with van der Waals surface area (Å²) in [5.74, 6) is 1.23. The van der Waals surface area contributed by atoms with Crippen LogP contribution in [0, 0.1) is 0 Å². The number of aliphatic hydroxyl groups excluding tert-OH is 1. The second-order valence-corrected chi connectivity index (χ2v) is 6.89. The van der Waals surface area contributed by atoms with Crippen LogP contribution in [-0.4, -0.2) is 36.0 Å². The normalized spacial score (nSPS) is 13.6. The minimum absolute atomic E-state index is 0. The molecule has 2 atom stereocenters. The topological polar surface area (TPSA) is 69.8 Å². The third-order valence-corrected chi connectivity index (χ3v) is 4.39. The maximum atomic E-state index is 10.0. The van der Waals surface area contributed by atoms with Gasteiger partial charge in [0.1, 0.15) is 11.9 Å². The summed E-state index contributed by atoms with van der Waals surface area (Å²) in [6.45, 7) is 5.99. The Bertz CT molecular complexity index is 608. The molecule has 1 aromatic heterocycles. The van der Waals surface area contributed by atoms with Crippen molar-refractivity contribution in [2.45, 2.75) is 30.1 Å². The summed E-state index contributed by atoms with van der Waals surface area (Å²) < 4.78 is 5.19. The fourth-order valence-electron chi connectivity index (χ4n) is 2.10. The van der Waals surface area contributed by atoms with Gasteiger partial charge in [0.05, 0.1) is 12.8 Å². The molecule has 0 bridgehead atoms. The smallest absolute Gasteiger partial charge is 0.191 e. The first-order valence-electron chi connectivity index (χ1n) is 8.14. The van der Waals surface area contributed by atoms with Gasteiger partial charge < -0.3 is 20.2 Å². The third kappa shape index (κ3) is 8.15. The molecule has 2 aromatic rings. The minimum atomic E-state index is -0.730. The Morgan fingerprint density at radius 1 is 1.20 bits per heavy atom. The van der Waals surface area contributed by atoms with Crippen molar-refractivity contribution in [1.29, 1.82) is 0 Å². The van der Waals surface area contributed by atoms with Crippen LogP contribution in [0.5, 0.6) is 0 Å². The third-order valence-electron chi connectivity index (χ3n) is 3.28. The van der Waals surface area contributed by atoms with E-state index < -0.39 is 6.10 Å². The minimum Gasteiger partial charge on any atom is -0.467 e. The molecule has 138 valence electrons. The van der Waals surface area contributed by atoms with Crippen LogP contribution in [0.2, 0.25) is 0 Å². The van der Waals surface area contributed by atoms with Crippen LogP contribution < -0.4 is 10.6 Å². The lowest BCUT2D eigenvalue weighted by Crippen LogP contribution is -2.40. The molecular weight excluding hydrogens is 449 g/mol. The van der Waals surface area contributed by atoms with E-state index in [-0.39, 0.29) is 30.5 Å². The Hall–Kier alpha value is -1.19. The Morgan fingerprint density at radius 3 is 2.60 bits per heavy atom. The predicted molar refractivity (Wildman–Crippen MR) is 115 cm³/mol. The molecule has 0 amide bonds. The van der Waals surface area contributed by atoms with Gasteiger partial charge in [0.2, 0.25) is 0 Å². The summed E-state index contributed by atoms with van der Waals surface area (Å²) in [4.78, 5) is 5.68. The largest absolute Gasteiger partial charge is 0.467 e. The number of furan rings is 1. The van der Waals surface area contributed by atoms with Gasteiger partial charge in [-0.05, 0) is 31.2 Å². The highest BCUT2D eigenvalue weighted by Gasteiger charge is 2.10. The number of hydrogen-bond acceptors (Lipinski definition) is 4. The lowest BCUT2D eigenvalue weighted by molar-refractivity contribution is 0.158. The number of nitrogens with one attached hydrogen (secondary N) is 2. The first-order chi connectivity index (χ1) is 11.7. The van der Waals surface area contributed by atoms with E-state index in [2.05, 4.69) is 34.7 Å². The number of nitrogens with zero attached hydrogens (tertiary/aromatic N) is 1. The molecule has 0 spiro atoms. The maximum absolute atomic E-state index is 10.0. The predicted octanol–water partition coefficient (Wildman–Crippen LogP) is 3.67. The fraction of sp³-hybridized carbons (Fsp3) is 0.389. The van der Waals surface area contributed by atoms with Gasteiger partial charge in [0.15, 0.2) is 5.96 Å².